The molecule has 1 aromatic rings. The minimum Gasteiger partial charge on any atom is -0.455 e. The minimum absolute atomic E-state index is 0.0297. The van der Waals surface area contributed by atoms with Gasteiger partial charge in [0.1, 0.15) is 0 Å². The predicted octanol–water partition coefficient (Wildman–Crippen LogP) is 2.84. The molecular formula is C22H34N2O5S. The second-order valence-corrected chi connectivity index (χ2v) is 10.9. The second kappa shape index (κ2) is 9.92. The first-order valence-electron chi connectivity index (χ1n) is 10.5. The molecule has 0 spiro atoms. The topological polar surface area (TPSA) is 92.8 Å². The van der Waals surface area contributed by atoms with Gasteiger partial charge in [-0.3, -0.25) is 9.59 Å². The van der Waals surface area contributed by atoms with E-state index in [9.17, 15) is 18.0 Å². The first-order chi connectivity index (χ1) is 13.9. The fourth-order valence-electron chi connectivity index (χ4n) is 3.28. The highest BCUT2D eigenvalue weighted by atomic mass is 32.2. The van der Waals surface area contributed by atoms with Crippen molar-refractivity contribution in [3.63, 3.8) is 0 Å². The maximum absolute atomic E-state index is 12.9. The standard InChI is InChI=1S/C22H34N2O5S/c1-6-16(2)23-20(25)15-29-21(26)17-11-13-24(14-12-17)30(27,28)19-9-7-18(8-10-19)22(3,4)5/h7-10,16-17H,6,11-15H2,1-5H3,(H,23,25). The van der Waals surface area contributed by atoms with E-state index in [2.05, 4.69) is 26.1 Å². The third-order valence-electron chi connectivity index (χ3n) is 5.51. The maximum Gasteiger partial charge on any atom is 0.309 e. The summed E-state index contributed by atoms with van der Waals surface area (Å²) in [4.78, 5) is 24.3. The minimum atomic E-state index is -3.60. The maximum atomic E-state index is 12.9. The van der Waals surface area contributed by atoms with Gasteiger partial charge in [-0.05, 0) is 49.3 Å². The lowest BCUT2D eigenvalue weighted by molar-refractivity contribution is -0.153. The Morgan fingerprint density at radius 3 is 2.23 bits per heavy atom. The van der Waals surface area contributed by atoms with Crippen LogP contribution in [0.25, 0.3) is 0 Å². The van der Waals surface area contributed by atoms with Gasteiger partial charge in [0, 0.05) is 19.1 Å². The SMILES string of the molecule is CCC(C)NC(=O)COC(=O)C1CCN(S(=O)(=O)c2ccc(C(C)(C)C)cc2)CC1. The summed E-state index contributed by atoms with van der Waals surface area (Å²) in [5, 5.41) is 2.74. The van der Waals surface area contributed by atoms with Gasteiger partial charge in [0.2, 0.25) is 10.0 Å². The van der Waals surface area contributed by atoms with Gasteiger partial charge in [0.15, 0.2) is 6.61 Å². The average molecular weight is 439 g/mol. The van der Waals surface area contributed by atoms with Crippen LogP contribution in [0.15, 0.2) is 29.2 Å². The quantitative estimate of drug-likeness (QED) is 0.661. The van der Waals surface area contributed by atoms with Crippen molar-refractivity contribution in [1.82, 2.24) is 9.62 Å². The Morgan fingerprint density at radius 1 is 1.17 bits per heavy atom. The fraction of sp³-hybridized carbons (Fsp3) is 0.636. The molecule has 168 valence electrons. The van der Waals surface area contributed by atoms with Crippen molar-refractivity contribution in [3.8, 4) is 0 Å². The van der Waals surface area contributed by atoms with Crippen LogP contribution in [0.2, 0.25) is 0 Å². The first-order valence-corrected chi connectivity index (χ1v) is 12.0. The van der Waals surface area contributed by atoms with Gasteiger partial charge in [0.25, 0.3) is 5.91 Å². The molecule has 1 atom stereocenters. The highest BCUT2D eigenvalue weighted by molar-refractivity contribution is 7.89. The van der Waals surface area contributed by atoms with E-state index >= 15 is 0 Å². The highest BCUT2D eigenvalue weighted by Crippen LogP contribution is 2.27. The Hall–Kier alpha value is -1.93. The Morgan fingerprint density at radius 2 is 1.73 bits per heavy atom. The summed E-state index contributed by atoms with van der Waals surface area (Å²) in [5.41, 5.74) is 1.02. The molecule has 1 aliphatic rings. The zero-order chi connectivity index (χ0) is 22.5. The molecule has 8 heteroatoms. The lowest BCUT2D eigenvalue weighted by Crippen LogP contribution is -2.41. The molecule has 0 bridgehead atoms. The largest absolute Gasteiger partial charge is 0.455 e. The fourth-order valence-corrected chi connectivity index (χ4v) is 4.75. The van der Waals surface area contributed by atoms with Crippen molar-refractivity contribution in [2.45, 2.75) is 70.2 Å². The summed E-state index contributed by atoms with van der Waals surface area (Å²) in [6.07, 6.45) is 1.56. The molecule has 1 heterocycles. The molecule has 1 amide bonds. The molecule has 0 saturated carbocycles. The van der Waals surface area contributed by atoms with Crippen LogP contribution in [0.4, 0.5) is 0 Å². The molecule has 0 aliphatic carbocycles. The summed E-state index contributed by atoms with van der Waals surface area (Å²) >= 11 is 0. The van der Waals surface area contributed by atoms with Gasteiger partial charge in [0.05, 0.1) is 10.8 Å². The molecule has 1 fully saturated rings. The van der Waals surface area contributed by atoms with Crippen molar-refractivity contribution < 1.29 is 22.7 Å². The first kappa shape index (κ1) is 24.3. The number of esters is 1. The molecule has 1 N–H and O–H groups in total. The van der Waals surface area contributed by atoms with Gasteiger partial charge in [-0.2, -0.15) is 4.31 Å². The molecule has 0 radical (unpaired) electrons. The van der Waals surface area contributed by atoms with Gasteiger partial charge >= 0.3 is 5.97 Å². The Balaban J connectivity index is 1.90. The zero-order valence-electron chi connectivity index (χ0n) is 18.6. The third-order valence-corrected chi connectivity index (χ3v) is 7.42. The molecular weight excluding hydrogens is 404 g/mol. The molecule has 1 unspecified atom stereocenters. The van der Waals surface area contributed by atoms with E-state index in [-0.39, 0.29) is 42.0 Å². The molecule has 7 nitrogen and oxygen atoms in total. The number of piperidine rings is 1. The second-order valence-electron chi connectivity index (χ2n) is 8.94. The normalized spacial score (nSPS) is 17.4. The van der Waals surface area contributed by atoms with Gasteiger partial charge in [-0.25, -0.2) is 8.42 Å². The molecule has 1 aliphatic heterocycles. The number of rotatable bonds is 7. The molecule has 2 rings (SSSR count). The molecule has 0 aromatic heterocycles. The van der Waals surface area contributed by atoms with E-state index in [0.29, 0.717) is 12.8 Å². The number of ether oxygens (including phenoxy) is 1. The van der Waals surface area contributed by atoms with Crippen molar-refractivity contribution in [2.24, 2.45) is 5.92 Å². The Labute approximate surface area is 180 Å². The molecule has 30 heavy (non-hydrogen) atoms. The zero-order valence-corrected chi connectivity index (χ0v) is 19.4. The lowest BCUT2D eigenvalue weighted by atomic mass is 9.87. The number of carbonyl (C=O) groups is 2. The van der Waals surface area contributed by atoms with E-state index in [1.165, 1.54) is 4.31 Å². The van der Waals surface area contributed by atoms with Crippen LogP contribution in [0.3, 0.4) is 0 Å². The third kappa shape index (κ3) is 6.28. The van der Waals surface area contributed by atoms with Crippen LogP contribution in [-0.4, -0.2) is 50.3 Å². The van der Waals surface area contributed by atoms with Crippen LogP contribution in [-0.2, 0) is 29.8 Å². The number of hydrogen-bond donors (Lipinski definition) is 1. The van der Waals surface area contributed by atoms with E-state index < -0.39 is 21.9 Å². The van der Waals surface area contributed by atoms with Crippen molar-refractivity contribution >= 4 is 21.9 Å². The number of benzene rings is 1. The Bertz CT molecular complexity index is 835. The summed E-state index contributed by atoms with van der Waals surface area (Å²) in [5.74, 6) is -1.16. The lowest BCUT2D eigenvalue weighted by Gasteiger charge is -2.30. The monoisotopic (exact) mass is 438 g/mol. The number of nitrogens with zero attached hydrogens (tertiary/aromatic N) is 1. The van der Waals surface area contributed by atoms with E-state index in [1.54, 1.807) is 12.1 Å². The summed E-state index contributed by atoms with van der Waals surface area (Å²) in [7, 11) is -3.60. The van der Waals surface area contributed by atoms with E-state index in [4.69, 9.17) is 4.74 Å². The van der Waals surface area contributed by atoms with Gasteiger partial charge in [-0.1, -0.05) is 39.8 Å². The summed E-state index contributed by atoms with van der Waals surface area (Å²) < 4.78 is 32.4. The van der Waals surface area contributed by atoms with E-state index in [1.807, 2.05) is 26.0 Å². The molecule has 1 aromatic carbocycles. The summed E-state index contributed by atoms with van der Waals surface area (Å²) in [6.45, 7) is 10.3. The Kier molecular flexibility index (Phi) is 8.05. The van der Waals surface area contributed by atoms with Crippen LogP contribution >= 0.6 is 0 Å². The van der Waals surface area contributed by atoms with Crippen LogP contribution in [0.5, 0.6) is 0 Å². The predicted molar refractivity (Wildman–Crippen MR) is 115 cm³/mol. The highest BCUT2D eigenvalue weighted by Gasteiger charge is 2.33. The number of carbonyl (C=O) groups excluding carboxylic acids is 2. The molecule has 1 saturated heterocycles. The van der Waals surface area contributed by atoms with Gasteiger partial charge in [-0.15, -0.1) is 0 Å². The average Bonchev–Trinajstić information content (AvgIpc) is 2.71. The van der Waals surface area contributed by atoms with Crippen LogP contribution in [0, 0.1) is 5.92 Å². The number of sulfonamides is 1. The van der Waals surface area contributed by atoms with Crippen molar-refractivity contribution in [3.05, 3.63) is 29.8 Å². The van der Waals surface area contributed by atoms with Crippen molar-refractivity contribution in [2.75, 3.05) is 19.7 Å². The number of amides is 1. The summed E-state index contributed by atoms with van der Waals surface area (Å²) in [6, 6.07) is 7.02. The van der Waals surface area contributed by atoms with Gasteiger partial charge < -0.3 is 10.1 Å². The number of nitrogens with one attached hydrogen (secondary N) is 1. The van der Waals surface area contributed by atoms with E-state index in [0.717, 1.165) is 12.0 Å². The number of hydrogen-bond acceptors (Lipinski definition) is 5. The van der Waals surface area contributed by atoms with Crippen molar-refractivity contribution in [1.29, 1.82) is 0 Å². The smallest absolute Gasteiger partial charge is 0.309 e. The van der Waals surface area contributed by atoms with Crippen LogP contribution < -0.4 is 5.32 Å². The van der Waals surface area contributed by atoms with Crippen LogP contribution in [0.1, 0.15) is 59.4 Å².